The summed E-state index contributed by atoms with van der Waals surface area (Å²) in [6.07, 6.45) is 0.508. The summed E-state index contributed by atoms with van der Waals surface area (Å²) in [5.41, 5.74) is 5.57. The zero-order valence-electron chi connectivity index (χ0n) is 11.1. The monoisotopic (exact) mass is 252 g/mol. The number of nitrogens with zero attached hydrogens (tertiary/aromatic N) is 1. The smallest absolute Gasteiger partial charge is 0.231 e. The lowest BCUT2D eigenvalue weighted by molar-refractivity contribution is -0.117. The average molecular weight is 252 g/mol. The molecule has 1 amide bonds. The van der Waals surface area contributed by atoms with E-state index in [0.717, 1.165) is 22.5 Å². The molecular formula is C16H16N2O. The van der Waals surface area contributed by atoms with Crippen LogP contribution in [-0.2, 0) is 11.2 Å². The Kier molecular flexibility index (Phi) is 2.75. The van der Waals surface area contributed by atoms with Crippen molar-refractivity contribution in [3.8, 4) is 11.1 Å². The van der Waals surface area contributed by atoms with Gasteiger partial charge in [0.25, 0.3) is 0 Å². The molecule has 1 aliphatic rings. The van der Waals surface area contributed by atoms with Gasteiger partial charge in [0, 0.05) is 25.5 Å². The second-order valence-electron chi connectivity index (χ2n) is 4.80. The Bertz CT molecular complexity index is 632. The van der Waals surface area contributed by atoms with Crippen molar-refractivity contribution in [2.45, 2.75) is 6.42 Å². The lowest BCUT2D eigenvalue weighted by Crippen LogP contribution is -2.20. The second kappa shape index (κ2) is 4.43. The molecule has 3 rings (SSSR count). The van der Waals surface area contributed by atoms with Crippen molar-refractivity contribution in [1.82, 2.24) is 0 Å². The summed E-state index contributed by atoms with van der Waals surface area (Å²) in [4.78, 5) is 13.4. The van der Waals surface area contributed by atoms with Gasteiger partial charge in [0.15, 0.2) is 0 Å². The van der Waals surface area contributed by atoms with Gasteiger partial charge in [-0.25, -0.2) is 0 Å². The maximum atomic E-state index is 11.7. The molecule has 0 saturated heterocycles. The van der Waals surface area contributed by atoms with Crippen molar-refractivity contribution in [3.63, 3.8) is 0 Å². The first kappa shape index (κ1) is 11.8. The molecule has 0 atom stereocenters. The number of likely N-dealkylation sites (N-methyl/N-ethyl adjacent to an activating group) is 1. The number of carbonyl (C=O) groups excluding carboxylic acids is 1. The molecule has 3 nitrogen and oxygen atoms in total. The third-order valence-corrected chi connectivity index (χ3v) is 3.66. The molecular weight excluding hydrogens is 236 g/mol. The molecule has 0 fully saturated rings. The largest absolute Gasteiger partial charge is 0.388 e. The fourth-order valence-electron chi connectivity index (χ4n) is 2.48. The van der Waals surface area contributed by atoms with Gasteiger partial charge >= 0.3 is 0 Å². The molecule has 0 saturated carbocycles. The van der Waals surface area contributed by atoms with E-state index in [4.69, 9.17) is 0 Å². The fraction of sp³-hybridized carbons (Fsp3) is 0.188. The standard InChI is InChI=1S/C16H16N2O/c1-17-14-6-3-11(4-7-14)12-5-8-15-13(9-12)10-16(19)18(15)2/h3-9,17H,10H2,1-2H3. The number of rotatable bonds is 2. The predicted octanol–water partition coefficient (Wildman–Crippen LogP) is 2.91. The van der Waals surface area contributed by atoms with Crippen molar-refractivity contribution in [1.29, 1.82) is 0 Å². The molecule has 0 aromatic heterocycles. The predicted molar refractivity (Wildman–Crippen MR) is 78.5 cm³/mol. The SMILES string of the molecule is CNc1ccc(-c2ccc3c(c2)CC(=O)N3C)cc1. The highest BCUT2D eigenvalue weighted by atomic mass is 16.2. The van der Waals surface area contributed by atoms with Crippen LogP contribution in [0.5, 0.6) is 0 Å². The summed E-state index contributed by atoms with van der Waals surface area (Å²) < 4.78 is 0. The summed E-state index contributed by atoms with van der Waals surface area (Å²) in [5, 5.41) is 3.11. The highest BCUT2D eigenvalue weighted by Gasteiger charge is 2.23. The minimum atomic E-state index is 0.165. The zero-order valence-corrected chi connectivity index (χ0v) is 11.1. The minimum absolute atomic E-state index is 0.165. The van der Waals surface area contributed by atoms with E-state index in [1.54, 1.807) is 4.90 Å². The third kappa shape index (κ3) is 1.97. The van der Waals surface area contributed by atoms with Gasteiger partial charge in [0.1, 0.15) is 0 Å². The van der Waals surface area contributed by atoms with Gasteiger partial charge < -0.3 is 10.2 Å². The molecule has 0 spiro atoms. The summed E-state index contributed by atoms with van der Waals surface area (Å²) in [5.74, 6) is 0.165. The van der Waals surface area contributed by atoms with Crippen LogP contribution in [0.1, 0.15) is 5.56 Å². The van der Waals surface area contributed by atoms with Crippen molar-refractivity contribution in [3.05, 3.63) is 48.0 Å². The Labute approximate surface area is 112 Å². The molecule has 0 aliphatic carbocycles. The van der Waals surface area contributed by atoms with E-state index in [9.17, 15) is 4.79 Å². The van der Waals surface area contributed by atoms with Gasteiger partial charge in [0.05, 0.1) is 6.42 Å². The summed E-state index contributed by atoms with van der Waals surface area (Å²) >= 11 is 0. The van der Waals surface area contributed by atoms with E-state index < -0.39 is 0 Å². The molecule has 1 N–H and O–H groups in total. The van der Waals surface area contributed by atoms with Gasteiger partial charge in [-0.3, -0.25) is 4.79 Å². The lowest BCUT2D eigenvalue weighted by atomic mass is 10.0. The number of fused-ring (bicyclic) bond motifs is 1. The fourth-order valence-corrected chi connectivity index (χ4v) is 2.48. The topological polar surface area (TPSA) is 32.3 Å². The maximum absolute atomic E-state index is 11.7. The van der Waals surface area contributed by atoms with Crippen LogP contribution in [0.25, 0.3) is 11.1 Å². The maximum Gasteiger partial charge on any atom is 0.231 e. The third-order valence-electron chi connectivity index (χ3n) is 3.66. The molecule has 2 aromatic rings. The second-order valence-corrected chi connectivity index (χ2v) is 4.80. The Morgan fingerprint density at radius 2 is 1.74 bits per heavy atom. The number of carbonyl (C=O) groups is 1. The number of hydrogen-bond donors (Lipinski definition) is 1. The van der Waals surface area contributed by atoms with E-state index in [2.05, 4.69) is 41.7 Å². The van der Waals surface area contributed by atoms with E-state index >= 15 is 0 Å². The van der Waals surface area contributed by atoms with Crippen molar-refractivity contribution in [2.75, 3.05) is 24.3 Å². The highest BCUT2D eigenvalue weighted by Crippen LogP contribution is 2.32. The molecule has 3 heteroatoms. The summed E-state index contributed by atoms with van der Waals surface area (Å²) in [7, 11) is 3.74. The van der Waals surface area contributed by atoms with Crippen molar-refractivity contribution in [2.24, 2.45) is 0 Å². The molecule has 0 bridgehead atoms. The molecule has 0 unspecified atom stereocenters. The number of anilines is 2. The van der Waals surface area contributed by atoms with Gasteiger partial charge in [-0.05, 0) is 41.0 Å². The van der Waals surface area contributed by atoms with Crippen molar-refractivity contribution < 1.29 is 4.79 Å². The van der Waals surface area contributed by atoms with Crippen molar-refractivity contribution >= 4 is 17.3 Å². The van der Waals surface area contributed by atoms with Gasteiger partial charge in [-0.1, -0.05) is 18.2 Å². The van der Waals surface area contributed by atoms with E-state index in [1.165, 1.54) is 5.56 Å². The van der Waals surface area contributed by atoms with E-state index in [-0.39, 0.29) is 5.91 Å². The van der Waals surface area contributed by atoms with Gasteiger partial charge in [0.2, 0.25) is 5.91 Å². The van der Waals surface area contributed by atoms with Crippen LogP contribution in [-0.4, -0.2) is 20.0 Å². The van der Waals surface area contributed by atoms with E-state index in [0.29, 0.717) is 6.42 Å². The zero-order chi connectivity index (χ0) is 13.4. The first-order chi connectivity index (χ1) is 9.19. The molecule has 96 valence electrons. The van der Waals surface area contributed by atoms with Crippen LogP contribution in [0.4, 0.5) is 11.4 Å². The van der Waals surface area contributed by atoms with Crippen LogP contribution < -0.4 is 10.2 Å². The molecule has 19 heavy (non-hydrogen) atoms. The van der Waals surface area contributed by atoms with Gasteiger partial charge in [-0.2, -0.15) is 0 Å². The summed E-state index contributed by atoms with van der Waals surface area (Å²) in [6, 6.07) is 14.5. The van der Waals surface area contributed by atoms with Crippen LogP contribution >= 0.6 is 0 Å². The summed E-state index contributed by atoms with van der Waals surface area (Å²) in [6.45, 7) is 0. The normalized spacial score (nSPS) is 13.6. The first-order valence-corrected chi connectivity index (χ1v) is 6.37. The van der Waals surface area contributed by atoms with Gasteiger partial charge in [-0.15, -0.1) is 0 Å². The highest BCUT2D eigenvalue weighted by molar-refractivity contribution is 6.01. The van der Waals surface area contributed by atoms with Crippen LogP contribution in [0, 0.1) is 0 Å². The first-order valence-electron chi connectivity index (χ1n) is 6.37. The Balaban J connectivity index is 1.98. The van der Waals surface area contributed by atoms with E-state index in [1.807, 2.05) is 20.2 Å². The molecule has 1 aliphatic heterocycles. The Morgan fingerprint density at radius 3 is 2.42 bits per heavy atom. The number of hydrogen-bond acceptors (Lipinski definition) is 2. The Morgan fingerprint density at radius 1 is 1.05 bits per heavy atom. The Hall–Kier alpha value is -2.29. The lowest BCUT2D eigenvalue weighted by Gasteiger charge is -2.11. The molecule has 1 heterocycles. The quantitative estimate of drug-likeness (QED) is 0.891. The number of benzene rings is 2. The number of amides is 1. The molecule has 2 aromatic carbocycles. The minimum Gasteiger partial charge on any atom is -0.388 e. The molecule has 0 radical (unpaired) electrons. The van der Waals surface area contributed by atoms with Crippen LogP contribution in [0.3, 0.4) is 0 Å². The van der Waals surface area contributed by atoms with Crippen LogP contribution in [0.2, 0.25) is 0 Å². The van der Waals surface area contributed by atoms with Crippen LogP contribution in [0.15, 0.2) is 42.5 Å². The average Bonchev–Trinajstić information content (AvgIpc) is 2.74. The number of nitrogens with one attached hydrogen (secondary N) is 1.